The zero-order valence-electron chi connectivity index (χ0n) is 9.29. The van der Waals surface area contributed by atoms with E-state index in [9.17, 15) is 4.79 Å². The molecule has 1 saturated heterocycles. The number of piperidine rings is 1. The summed E-state index contributed by atoms with van der Waals surface area (Å²) in [5, 5.41) is 3.26. The van der Waals surface area contributed by atoms with E-state index in [-0.39, 0.29) is 11.4 Å². The molecule has 0 aromatic carbocycles. The van der Waals surface area contributed by atoms with Gasteiger partial charge in [0.1, 0.15) is 17.1 Å². The standard InChI is InChI=1S/C12H16N2O2/c1-3-10-11(13-2)9(15)8-12(16-10)4-6-14-7-5-12/h3,14H,1-2,4-8H2. The Balaban J connectivity index is 2.30. The van der Waals surface area contributed by atoms with E-state index in [1.807, 2.05) is 0 Å². The summed E-state index contributed by atoms with van der Waals surface area (Å²) in [6.07, 6.45) is 3.65. The van der Waals surface area contributed by atoms with Crippen molar-refractivity contribution < 1.29 is 9.53 Å². The van der Waals surface area contributed by atoms with Gasteiger partial charge in [-0.05, 0) is 25.9 Å². The van der Waals surface area contributed by atoms with Gasteiger partial charge in [-0.2, -0.15) is 0 Å². The van der Waals surface area contributed by atoms with Crippen molar-refractivity contribution in [2.45, 2.75) is 24.9 Å². The van der Waals surface area contributed by atoms with Crippen LogP contribution in [0.5, 0.6) is 0 Å². The van der Waals surface area contributed by atoms with E-state index in [1.54, 1.807) is 6.08 Å². The lowest BCUT2D eigenvalue weighted by atomic mass is 9.84. The van der Waals surface area contributed by atoms with Crippen LogP contribution in [-0.2, 0) is 9.53 Å². The number of nitrogens with zero attached hydrogens (tertiary/aromatic N) is 1. The Labute approximate surface area is 95.1 Å². The molecule has 4 heteroatoms. The third kappa shape index (κ3) is 1.80. The van der Waals surface area contributed by atoms with E-state index in [0.717, 1.165) is 25.9 Å². The normalized spacial score (nSPS) is 24.1. The zero-order chi connectivity index (χ0) is 11.6. The first-order chi connectivity index (χ1) is 7.71. The van der Waals surface area contributed by atoms with E-state index in [0.29, 0.717) is 17.9 Å². The molecule has 0 aromatic heterocycles. The number of Topliss-reactive ketones (excluding diaryl/α,β-unsaturated/α-hetero) is 1. The van der Waals surface area contributed by atoms with Gasteiger partial charge in [0, 0.05) is 12.8 Å². The number of carbonyl (C=O) groups excluding carboxylic acids is 1. The van der Waals surface area contributed by atoms with Crippen LogP contribution in [0.2, 0.25) is 0 Å². The molecule has 2 aliphatic rings. The van der Waals surface area contributed by atoms with E-state index in [1.165, 1.54) is 0 Å². The quantitative estimate of drug-likeness (QED) is 0.711. The first kappa shape index (κ1) is 11.1. The number of rotatable bonds is 2. The summed E-state index contributed by atoms with van der Waals surface area (Å²) in [5.41, 5.74) is -0.0285. The van der Waals surface area contributed by atoms with Crippen LogP contribution >= 0.6 is 0 Å². The number of hydrogen-bond donors (Lipinski definition) is 1. The summed E-state index contributed by atoms with van der Waals surface area (Å²) in [5.74, 6) is 0.492. The van der Waals surface area contributed by atoms with E-state index in [4.69, 9.17) is 4.74 Å². The highest BCUT2D eigenvalue weighted by molar-refractivity contribution is 5.98. The summed E-state index contributed by atoms with van der Waals surface area (Å²) in [4.78, 5) is 15.7. The molecule has 2 rings (SSSR count). The van der Waals surface area contributed by atoms with Crippen molar-refractivity contribution in [3.8, 4) is 0 Å². The number of nitrogens with one attached hydrogen (secondary N) is 1. The fourth-order valence-electron chi connectivity index (χ4n) is 2.30. The Morgan fingerprint density at radius 1 is 1.44 bits per heavy atom. The molecular formula is C12H16N2O2. The van der Waals surface area contributed by atoms with Gasteiger partial charge in [0.25, 0.3) is 0 Å². The second-order valence-corrected chi connectivity index (χ2v) is 4.21. The first-order valence-corrected chi connectivity index (χ1v) is 5.47. The van der Waals surface area contributed by atoms with Gasteiger partial charge >= 0.3 is 0 Å². The van der Waals surface area contributed by atoms with Crippen LogP contribution in [0.15, 0.2) is 29.1 Å². The van der Waals surface area contributed by atoms with Crippen LogP contribution in [0, 0.1) is 0 Å². The van der Waals surface area contributed by atoms with Crippen LogP contribution in [0.25, 0.3) is 0 Å². The maximum absolute atomic E-state index is 11.9. The number of ketones is 1. The summed E-state index contributed by atoms with van der Waals surface area (Å²) < 4.78 is 5.90. The van der Waals surface area contributed by atoms with Crippen LogP contribution in [0.4, 0.5) is 0 Å². The SMILES string of the molecule is C=CC1=C(N=C)C(=O)CC2(CCNCC2)O1. The van der Waals surface area contributed by atoms with Crippen molar-refractivity contribution in [3.05, 3.63) is 24.1 Å². The summed E-state index contributed by atoms with van der Waals surface area (Å²) in [7, 11) is 0. The van der Waals surface area contributed by atoms with Gasteiger partial charge in [-0.1, -0.05) is 6.58 Å². The fraction of sp³-hybridized carbons (Fsp3) is 0.500. The number of ether oxygens (including phenoxy) is 1. The smallest absolute Gasteiger partial charge is 0.188 e. The number of allylic oxidation sites excluding steroid dienone is 2. The molecule has 2 aliphatic heterocycles. The molecule has 0 saturated carbocycles. The predicted octanol–water partition coefficient (Wildman–Crippen LogP) is 1.20. The second-order valence-electron chi connectivity index (χ2n) is 4.21. The highest BCUT2D eigenvalue weighted by atomic mass is 16.5. The Hall–Kier alpha value is -1.42. The molecular weight excluding hydrogens is 204 g/mol. The van der Waals surface area contributed by atoms with Crippen molar-refractivity contribution in [1.82, 2.24) is 5.32 Å². The van der Waals surface area contributed by atoms with Gasteiger partial charge in [-0.15, -0.1) is 0 Å². The highest BCUT2D eigenvalue weighted by Gasteiger charge is 2.41. The largest absolute Gasteiger partial charge is 0.484 e. The van der Waals surface area contributed by atoms with Crippen molar-refractivity contribution in [1.29, 1.82) is 0 Å². The number of carbonyl (C=O) groups is 1. The minimum Gasteiger partial charge on any atom is -0.484 e. The average molecular weight is 220 g/mol. The van der Waals surface area contributed by atoms with E-state index in [2.05, 4.69) is 23.6 Å². The first-order valence-electron chi connectivity index (χ1n) is 5.47. The van der Waals surface area contributed by atoms with Gasteiger partial charge in [-0.3, -0.25) is 9.79 Å². The van der Waals surface area contributed by atoms with Crippen LogP contribution in [0.3, 0.4) is 0 Å². The Morgan fingerprint density at radius 3 is 2.69 bits per heavy atom. The minimum atomic E-state index is -0.347. The molecule has 1 spiro atoms. The number of hydrogen-bond acceptors (Lipinski definition) is 4. The minimum absolute atomic E-state index is 0.0121. The predicted molar refractivity (Wildman–Crippen MR) is 62.3 cm³/mol. The molecule has 16 heavy (non-hydrogen) atoms. The van der Waals surface area contributed by atoms with Crippen molar-refractivity contribution in [3.63, 3.8) is 0 Å². The fourth-order valence-corrected chi connectivity index (χ4v) is 2.30. The molecule has 1 N–H and O–H groups in total. The van der Waals surface area contributed by atoms with Crippen molar-refractivity contribution in [2.24, 2.45) is 4.99 Å². The average Bonchev–Trinajstić information content (AvgIpc) is 2.29. The molecule has 4 nitrogen and oxygen atoms in total. The maximum atomic E-state index is 11.9. The monoisotopic (exact) mass is 220 g/mol. The van der Waals surface area contributed by atoms with Gasteiger partial charge in [0.2, 0.25) is 0 Å². The van der Waals surface area contributed by atoms with Crippen LogP contribution in [0.1, 0.15) is 19.3 Å². The molecule has 0 bridgehead atoms. The molecule has 0 aromatic rings. The van der Waals surface area contributed by atoms with Crippen LogP contribution in [-0.4, -0.2) is 31.2 Å². The van der Waals surface area contributed by atoms with Crippen molar-refractivity contribution in [2.75, 3.05) is 13.1 Å². The van der Waals surface area contributed by atoms with E-state index < -0.39 is 0 Å². The molecule has 0 radical (unpaired) electrons. The van der Waals surface area contributed by atoms with Gasteiger partial charge in [-0.25, -0.2) is 0 Å². The topological polar surface area (TPSA) is 50.7 Å². The highest BCUT2D eigenvalue weighted by Crippen LogP contribution is 2.36. The zero-order valence-corrected chi connectivity index (χ0v) is 9.29. The summed E-state index contributed by atoms with van der Waals surface area (Å²) >= 11 is 0. The maximum Gasteiger partial charge on any atom is 0.188 e. The summed E-state index contributed by atoms with van der Waals surface area (Å²) in [6.45, 7) is 8.82. The molecule has 0 aliphatic carbocycles. The molecule has 0 unspecified atom stereocenters. The van der Waals surface area contributed by atoms with Gasteiger partial charge in [0.05, 0.1) is 6.42 Å². The summed E-state index contributed by atoms with van der Waals surface area (Å²) in [6, 6.07) is 0. The lowest BCUT2D eigenvalue weighted by Gasteiger charge is -2.40. The molecule has 0 amide bonds. The molecule has 0 atom stereocenters. The molecule has 2 heterocycles. The van der Waals surface area contributed by atoms with Gasteiger partial charge in [0.15, 0.2) is 5.78 Å². The van der Waals surface area contributed by atoms with E-state index >= 15 is 0 Å². The Kier molecular flexibility index (Phi) is 2.92. The second kappa shape index (κ2) is 4.22. The molecule has 1 fully saturated rings. The van der Waals surface area contributed by atoms with Crippen LogP contribution < -0.4 is 5.32 Å². The number of aliphatic imine (C=N–C) groups is 1. The van der Waals surface area contributed by atoms with Gasteiger partial charge < -0.3 is 10.1 Å². The molecule has 86 valence electrons. The Bertz CT molecular complexity index is 365. The Morgan fingerprint density at radius 2 is 2.12 bits per heavy atom. The third-order valence-electron chi connectivity index (χ3n) is 3.16. The lowest BCUT2D eigenvalue weighted by molar-refractivity contribution is -0.126. The lowest BCUT2D eigenvalue weighted by Crippen LogP contribution is -2.47. The van der Waals surface area contributed by atoms with Crippen molar-refractivity contribution >= 4 is 12.5 Å². The third-order valence-corrected chi connectivity index (χ3v) is 3.16.